The fourth-order valence-electron chi connectivity index (χ4n) is 1.78. The molecule has 1 heterocycles. The Morgan fingerprint density at radius 1 is 1.47 bits per heavy atom. The molecule has 0 aromatic rings. The number of carboxylic acid groups (broad SMARTS) is 1. The summed E-state index contributed by atoms with van der Waals surface area (Å²) in [5.41, 5.74) is 0. The van der Waals surface area contributed by atoms with Gasteiger partial charge in [-0.2, -0.15) is 0 Å². The molecule has 1 amide bonds. The predicted octanol–water partition coefficient (Wildman–Crippen LogP) is 0.690. The van der Waals surface area contributed by atoms with Crippen molar-refractivity contribution in [1.82, 2.24) is 4.90 Å². The molecule has 0 spiro atoms. The molecule has 1 aliphatic rings. The van der Waals surface area contributed by atoms with Crippen molar-refractivity contribution in [3.63, 3.8) is 0 Å². The first kappa shape index (κ1) is 13.8. The van der Waals surface area contributed by atoms with Gasteiger partial charge in [0.25, 0.3) is 0 Å². The molecule has 0 radical (unpaired) electrons. The van der Waals surface area contributed by atoms with Gasteiger partial charge in [0.2, 0.25) is 0 Å². The van der Waals surface area contributed by atoms with E-state index in [0.717, 1.165) is 12.8 Å². The van der Waals surface area contributed by atoms with Crippen LogP contribution in [0.15, 0.2) is 0 Å². The Bertz CT molecular complexity index is 281. The highest BCUT2D eigenvalue weighted by molar-refractivity contribution is 5.72. The maximum atomic E-state index is 11.5. The summed E-state index contributed by atoms with van der Waals surface area (Å²) in [6.45, 7) is 2.71. The minimum absolute atomic E-state index is 0.0297. The van der Waals surface area contributed by atoms with Crippen LogP contribution in [0.3, 0.4) is 0 Å². The van der Waals surface area contributed by atoms with E-state index in [1.807, 2.05) is 6.92 Å². The summed E-state index contributed by atoms with van der Waals surface area (Å²) in [7, 11) is 0. The highest BCUT2D eigenvalue weighted by atomic mass is 16.6. The van der Waals surface area contributed by atoms with Crippen LogP contribution in [0.25, 0.3) is 0 Å². The Labute approximate surface area is 100 Å². The Kier molecular flexibility index (Phi) is 5.21. The first-order chi connectivity index (χ1) is 8.06. The number of β-amino-alcohol motifs (C(OH)–C–C–N with tert-alkyl or cyclic N) is 1. The summed E-state index contributed by atoms with van der Waals surface area (Å²) in [6.07, 6.45) is 0.525. The van der Waals surface area contributed by atoms with Crippen molar-refractivity contribution in [2.75, 3.05) is 19.7 Å². The van der Waals surface area contributed by atoms with Crippen molar-refractivity contribution in [3.05, 3.63) is 0 Å². The first-order valence-corrected chi connectivity index (χ1v) is 5.88. The number of unbranched alkanes of at least 4 members (excludes halogenated alkanes) is 1. The number of ether oxygens (including phenoxy) is 1. The van der Waals surface area contributed by atoms with Crippen molar-refractivity contribution in [2.24, 2.45) is 5.92 Å². The van der Waals surface area contributed by atoms with Crippen LogP contribution in [0.1, 0.15) is 26.2 Å². The Morgan fingerprint density at radius 2 is 2.18 bits per heavy atom. The van der Waals surface area contributed by atoms with Crippen molar-refractivity contribution in [2.45, 2.75) is 32.3 Å². The van der Waals surface area contributed by atoms with Gasteiger partial charge in [0.15, 0.2) is 0 Å². The number of amides is 1. The summed E-state index contributed by atoms with van der Waals surface area (Å²) in [6, 6.07) is 0. The quantitative estimate of drug-likeness (QED) is 0.711. The maximum absolute atomic E-state index is 11.5. The van der Waals surface area contributed by atoms with Gasteiger partial charge in [-0.15, -0.1) is 0 Å². The van der Waals surface area contributed by atoms with Crippen molar-refractivity contribution >= 4 is 12.1 Å². The number of hydrogen-bond donors (Lipinski definition) is 2. The van der Waals surface area contributed by atoms with Crippen LogP contribution in [0.5, 0.6) is 0 Å². The molecule has 6 nitrogen and oxygen atoms in total. The second-order valence-corrected chi connectivity index (χ2v) is 4.21. The summed E-state index contributed by atoms with van der Waals surface area (Å²) in [4.78, 5) is 23.7. The molecule has 1 fully saturated rings. The molecule has 1 aliphatic heterocycles. The molecule has 0 aromatic carbocycles. The molecule has 2 unspecified atom stereocenters. The average molecular weight is 245 g/mol. The fourth-order valence-corrected chi connectivity index (χ4v) is 1.78. The van der Waals surface area contributed by atoms with Gasteiger partial charge in [-0.05, 0) is 12.8 Å². The minimum atomic E-state index is -1.02. The van der Waals surface area contributed by atoms with E-state index >= 15 is 0 Å². The van der Waals surface area contributed by atoms with E-state index in [0.29, 0.717) is 13.2 Å². The van der Waals surface area contributed by atoms with Gasteiger partial charge in [0.1, 0.15) is 0 Å². The minimum Gasteiger partial charge on any atom is -0.481 e. The van der Waals surface area contributed by atoms with E-state index in [9.17, 15) is 14.7 Å². The number of hydrogen-bond acceptors (Lipinski definition) is 4. The second kappa shape index (κ2) is 6.44. The van der Waals surface area contributed by atoms with Crippen LogP contribution in [0.4, 0.5) is 4.79 Å². The molecule has 17 heavy (non-hydrogen) atoms. The van der Waals surface area contributed by atoms with E-state index in [4.69, 9.17) is 9.84 Å². The van der Waals surface area contributed by atoms with Gasteiger partial charge in [0, 0.05) is 6.54 Å². The third-order valence-electron chi connectivity index (χ3n) is 2.88. The first-order valence-electron chi connectivity index (χ1n) is 5.88. The summed E-state index contributed by atoms with van der Waals surface area (Å²) < 4.78 is 4.99. The van der Waals surface area contributed by atoms with Crippen LogP contribution >= 0.6 is 0 Å². The topological polar surface area (TPSA) is 87.1 Å². The number of carboxylic acids is 1. The van der Waals surface area contributed by atoms with Crippen LogP contribution in [-0.2, 0) is 9.53 Å². The predicted molar refractivity (Wildman–Crippen MR) is 59.6 cm³/mol. The number of aliphatic hydroxyl groups is 1. The number of aliphatic carboxylic acids is 1. The molecule has 1 rings (SSSR count). The molecule has 0 bridgehead atoms. The lowest BCUT2D eigenvalue weighted by Crippen LogP contribution is -2.49. The Balaban J connectivity index is 2.38. The highest BCUT2D eigenvalue weighted by Crippen LogP contribution is 2.18. The van der Waals surface area contributed by atoms with Crippen LogP contribution in [0.2, 0.25) is 0 Å². The SMILES string of the molecule is CCCCOC(=O)N1CCC(C(=O)O)C(O)C1. The van der Waals surface area contributed by atoms with Crippen molar-refractivity contribution in [3.8, 4) is 0 Å². The van der Waals surface area contributed by atoms with Gasteiger partial charge in [-0.1, -0.05) is 13.3 Å². The highest BCUT2D eigenvalue weighted by Gasteiger charge is 2.34. The van der Waals surface area contributed by atoms with Gasteiger partial charge in [-0.25, -0.2) is 4.79 Å². The Morgan fingerprint density at radius 3 is 2.71 bits per heavy atom. The lowest BCUT2D eigenvalue weighted by molar-refractivity contribution is -0.148. The van der Waals surface area contributed by atoms with E-state index in [2.05, 4.69) is 0 Å². The third-order valence-corrected chi connectivity index (χ3v) is 2.88. The fraction of sp³-hybridized carbons (Fsp3) is 0.818. The smallest absolute Gasteiger partial charge is 0.409 e. The molecular formula is C11H19NO5. The zero-order valence-corrected chi connectivity index (χ0v) is 9.96. The normalized spacial score (nSPS) is 24.5. The van der Waals surface area contributed by atoms with Crippen molar-refractivity contribution < 1.29 is 24.5 Å². The number of rotatable bonds is 4. The zero-order chi connectivity index (χ0) is 12.8. The number of carbonyl (C=O) groups is 2. The largest absolute Gasteiger partial charge is 0.481 e. The summed E-state index contributed by atoms with van der Waals surface area (Å²) >= 11 is 0. The molecule has 0 aromatic heterocycles. The standard InChI is InChI=1S/C11H19NO5/c1-2-3-6-17-11(16)12-5-4-8(10(14)15)9(13)7-12/h8-9,13H,2-7H2,1H3,(H,14,15). The number of nitrogens with zero attached hydrogens (tertiary/aromatic N) is 1. The summed E-state index contributed by atoms with van der Waals surface area (Å²) in [5.74, 6) is -1.80. The maximum Gasteiger partial charge on any atom is 0.409 e. The van der Waals surface area contributed by atoms with E-state index in [1.165, 1.54) is 4.90 Å². The van der Waals surface area contributed by atoms with Crippen LogP contribution in [0, 0.1) is 5.92 Å². The number of likely N-dealkylation sites (tertiary alicyclic amines) is 1. The van der Waals surface area contributed by atoms with Gasteiger partial charge in [0.05, 0.1) is 25.2 Å². The second-order valence-electron chi connectivity index (χ2n) is 4.21. The monoisotopic (exact) mass is 245 g/mol. The van der Waals surface area contributed by atoms with E-state index in [-0.39, 0.29) is 13.0 Å². The van der Waals surface area contributed by atoms with Gasteiger partial charge < -0.3 is 19.8 Å². The summed E-state index contributed by atoms with van der Waals surface area (Å²) in [5, 5.41) is 18.4. The molecule has 0 aliphatic carbocycles. The van der Waals surface area contributed by atoms with Gasteiger partial charge in [-0.3, -0.25) is 4.79 Å². The van der Waals surface area contributed by atoms with Crippen LogP contribution < -0.4 is 0 Å². The Hall–Kier alpha value is -1.30. The lowest BCUT2D eigenvalue weighted by atomic mass is 9.94. The molecular weight excluding hydrogens is 226 g/mol. The number of carbonyl (C=O) groups excluding carboxylic acids is 1. The van der Waals surface area contributed by atoms with Crippen molar-refractivity contribution in [1.29, 1.82) is 0 Å². The molecule has 0 saturated carbocycles. The molecule has 2 N–H and O–H groups in total. The molecule has 98 valence electrons. The zero-order valence-electron chi connectivity index (χ0n) is 9.96. The number of aliphatic hydroxyl groups excluding tert-OH is 1. The third kappa shape index (κ3) is 3.89. The molecule has 2 atom stereocenters. The molecule has 6 heteroatoms. The number of piperidine rings is 1. The van der Waals surface area contributed by atoms with Gasteiger partial charge >= 0.3 is 12.1 Å². The lowest BCUT2D eigenvalue weighted by Gasteiger charge is -2.33. The average Bonchev–Trinajstić information content (AvgIpc) is 2.28. The van der Waals surface area contributed by atoms with Crippen LogP contribution in [-0.4, -0.2) is 53.0 Å². The molecule has 1 saturated heterocycles. The van der Waals surface area contributed by atoms with E-state index in [1.54, 1.807) is 0 Å². The van der Waals surface area contributed by atoms with E-state index < -0.39 is 24.1 Å².